The molecule has 0 aromatic heterocycles. The van der Waals surface area contributed by atoms with Crippen LogP contribution in [0.1, 0.15) is 0 Å². The minimum Gasteiger partial charge on any atom is -0.489 e. The van der Waals surface area contributed by atoms with Crippen molar-refractivity contribution < 1.29 is 14.8 Å². The molecule has 0 unspecified atom stereocenters. The number of ether oxygens (including phenoxy) is 1. The number of rotatable bonds is 5. The Balaban J connectivity index is 2.66. The van der Waals surface area contributed by atoms with Gasteiger partial charge in [-0.2, -0.15) is 0 Å². The van der Waals surface area contributed by atoms with E-state index in [1.807, 2.05) is 0 Å². The average Bonchev–Trinajstić information content (AvgIpc) is 2.24. The Labute approximate surface area is 92.1 Å². The minimum absolute atomic E-state index is 0.0498. The summed E-state index contributed by atoms with van der Waals surface area (Å²) in [6.07, 6.45) is 3.17. The van der Waals surface area contributed by atoms with E-state index in [4.69, 9.17) is 15.6 Å². The van der Waals surface area contributed by atoms with Crippen molar-refractivity contribution in [2.75, 3.05) is 18.9 Å². The van der Waals surface area contributed by atoms with E-state index in [0.29, 0.717) is 5.75 Å². The standard InChI is InChI=1S/C10H12N2O4/c11-9-7-8(16-6-2-1-5-13)3-4-10(9)12(14)15/h1-4,7,13H,5-6,11H2/b2-1-. The predicted molar refractivity (Wildman–Crippen MR) is 59.2 cm³/mol. The lowest BCUT2D eigenvalue weighted by Crippen LogP contribution is -1.98. The number of hydrogen-bond acceptors (Lipinski definition) is 5. The highest BCUT2D eigenvalue weighted by molar-refractivity contribution is 5.60. The molecular formula is C10H12N2O4. The fourth-order valence-electron chi connectivity index (χ4n) is 1.08. The van der Waals surface area contributed by atoms with E-state index in [9.17, 15) is 10.1 Å². The quantitative estimate of drug-likeness (QED) is 0.338. The lowest BCUT2D eigenvalue weighted by molar-refractivity contribution is -0.383. The molecule has 6 nitrogen and oxygen atoms in total. The summed E-state index contributed by atoms with van der Waals surface area (Å²) >= 11 is 0. The van der Waals surface area contributed by atoms with Crippen molar-refractivity contribution in [3.05, 3.63) is 40.5 Å². The predicted octanol–water partition coefficient (Wildman–Crippen LogP) is 1.10. The van der Waals surface area contributed by atoms with Crippen molar-refractivity contribution in [2.24, 2.45) is 0 Å². The monoisotopic (exact) mass is 224 g/mol. The summed E-state index contributed by atoms with van der Waals surface area (Å²) in [6, 6.07) is 4.16. The summed E-state index contributed by atoms with van der Waals surface area (Å²) in [6.45, 7) is 0.226. The van der Waals surface area contributed by atoms with Gasteiger partial charge < -0.3 is 15.6 Å². The van der Waals surface area contributed by atoms with Crippen LogP contribution in [-0.2, 0) is 0 Å². The summed E-state index contributed by atoms with van der Waals surface area (Å²) in [4.78, 5) is 9.93. The van der Waals surface area contributed by atoms with Crippen molar-refractivity contribution in [1.29, 1.82) is 0 Å². The molecule has 16 heavy (non-hydrogen) atoms. The molecule has 0 atom stereocenters. The summed E-state index contributed by atoms with van der Waals surface area (Å²) in [7, 11) is 0. The number of nitrogens with zero attached hydrogens (tertiary/aromatic N) is 1. The third-order valence-electron chi connectivity index (χ3n) is 1.81. The van der Waals surface area contributed by atoms with Crippen LogP contribution in [0.2, 0.25) is 0 Å². The second-order valence-electron chi connectivity index (χ2n) is 2.94. The molecule has 0 saturated heterocycles. The van der Waals surface area contributed by atoms with Crippen LogP contribution < -0.4 is 10.5 Å². The van der Waals surface area contributed by atoms with Crippen molar-refractivity contribution in [2.45, 2.75) is 0 Å². The smallest absolute Gasteiger partial charge is 0.292 e. The summed E-state index contributed by atoms with van der Waals surface area (Å²) in [5.74, 6) is 0.450. The second-order valence-corrected chi connectivity index (χ2v) is 2.94. The van der Waals surface area contributed by atoms with Crippen molar-refractivity contribution in [3.8, 4) is 5.75 Å². The number of nitrogen functional groups attached to an aromatic ring is 1. The van der Waals surface area contributed by atoms with Crippen LogP contribution in [0.5, 0.6) is 5.75 Å². The van der Waals surface area contributed by atoms with Crippen LogP contribution in [0, 0.1) is 10.1 Å². The van der Waals surface area contributed by atoms with Gasteiger partial charge in [0, 0.05) is 12.1 Å². The van der Waals surface area contributed by atoms with Crippen molar-refractivity contribution in [3.63, 3.8) is 0 Å². The first-order valence-corrected chi connectivity index (χ1v) is 4.57. The molecule has 86 valence electrons. The average molecular weight is 224 g/mol. The largest absolute Gasteiger partial charge is 0.489 e. The molecule has 1 rings (SSSR count). The zero-order valence-electron chi connectivity index (χ0n) is 8.50. The van der Waals surface area contributed by atoms with E-state index in [0.717, 1.165) is 0 Å². The zero-order chi connectivity index (χ0) is 12.0. The topological polar surface area (TPSA) is 98.6 Å². The molecule has 0 bridgehead atoms. The van der Waals surface area contributed by atoms with Crippen LogP contribution in [0.3, 0.4) is 0 Å². The lowest BCUT2D eigenvalue weighted by atomic mass is 10.2. The van der Waals surface area contributed by atoms with Crippen LogP contribution >= 0.6 is 0 Å². The number of aliphatic hydroxyl groups excluding tert-OH is 1. The number of nitro benzene ring substituents is 1. The molecule has 1 aromatic rings. The van der Waals surface area contributed by atoms with Gasteiger partial charge in [0.25, 0.3) is 5.69 Å². The van der Waals surface area contributed by atoms with Crippen LogP contribution in [0.25, 0.3) is 0 Å². The Morgan fingerprint density at radius 1 is 1.50 bits per heavy atom. The maximum atomic E-state index is 10.5. The number of aliphatic hydroxyl groups is 1. The second kappa shape index (κ2) is 5.72. The van der Waals surface area contributed by atoms with Crippen molar-refractivity contribution in [1.82, 2.24) is 0 Å². The Morgan fingerprint density at radius 3 is 2.81 bits per heavy atom. The van der Waals surface area contributed by atoms with E-state index in [2.05, 4.69) is 0 Å². The van der Waals surface area contributed by atoms with Crippen LogP contribution in [0.15, 0.2) is 30.4 Å². The third kappa shape index (κ3) is 3.25. The molecule has 0 radical (unpaired) electrons. The van der Waals surface area contributed by atoms with E-state index in [1.165, 1.54) is 24.3 Å². The normalized spacial score (nSPS) is 10.6. The van der Waals surface area contributed by atoms with Gasteiger partial charge in [0.05, 0.1) is 11.5 Å². The van der Waals surface area contributed by atoms with Crippen LogP contribution in [-0.4, -0.2) is 23.2 Å². The van der Waals surface area contributed by atoms with Gasteiger partial charge in [-0.25, -0.2) is 0 Å². The van der Waals surface area contributed by atoms with Gasteiger partial charge in [-0.05, 0) is 12.1 Å². The van der Waals surface area contributed by atoms with E-state index in [1.54, 1.807) is 6.08 Å². The number of benzene rings is 1. The maximum Gasteiger partial charge on any atom is 0.292 e. The minimum atomic E-state index is -0.551. The first-order valence-electron chi connectivity index (χ1n) is 4.57. The molecule has 1 aromatic carbocycles. The molecule has 0 heterocycles. The third-order valence-corrected chi connectivity index (χ3v) is 1.81. The fourth-order valence-corrected chi connectivity index (χ4v) is 1.08. The number of nitro groups is 1. The van der Waals surface area contributed by atoms with Gasteiger partial charge in [-0.3, -0.25) is 10.1 Å². The molecule has 0 aliphatic carbocycles. The molecule has 0 fully saturated rings. The van der Waals surface area contributed by atoms with Gasteiger partial charge in [-0.1, -0.05) is 6.08 Å². The summed E-state index contributed by atoms with van der Waals surface area (Å²) in [5, 5.41) is 18.9. The summed E-state index contributed by atoms with van der Waals surface area (Å²) < 4.78 is 5.22. The number of anilines is 1. The Bertz CT molecular complexity index is 404. The molecule has 6 heteroatoms. The Hall–Kier alpha value is -2.08. The molecule has 0 amide bonds. The lowest BCUT2D eigenvalue weighted by Gasteiger charge is -2.04. The highest BCUT2D eigenvalue weighted by Crippen LogP contribution is 2.25. The first-order chi connectivity index (χ1) is 7.65. The highest BCUT2D eigenvalue weighted by Gasteiger charge is 2.11. The Kier molecular flexibility index (Phi) is 4.28. The van der Waals surface area contributed by atoms with E-state index < -0.39 is 4.92 Å². The van der Waals surface area contributed by atoms with Gasteiger partial charge in [0.15, 0.2) is 0 Å². The fraction of sp³-hybridized carbons (Fsp3) is 0.200. The molecule has 3 N–H and O–H groups in total. The van der Waals surface area contributed by atoms with E-state index in [-0.39, 0.29) is 24.6 Å². The number of hydrogen-bond donors (Lipinski definition) is 2. The first kappa shape index (κ1) is 12.0. The van der Waals surface area contributed by atoms with Gasteiger partial charge in [0.1, 0.15) is 18.0 Å². The molecule has 0 spiro atoms. The van der Waals surface area contributed by atoms with E-state index >= 15 is 0 Å². The van der Waals surface area contributed by atoms with Gasteiger partial charge in [-0.15, -0.1) is 0 Å². The van der Waals surface area contributed by atoms with Crippen molar-refractivity contribution >= 4 is 11.4 Å². The highest BCUT2D eigenvalue weighted by atomic mass is 16.6. The summed E-state index contributed by atoms with van der Waals surface area (Å²) in [5.41, 5.74) is 5.40. The molecule has 0 aliphatic heterocycles. The molecule has 0 aliphatic rings. The molecule has 0 saturated carbocycles. The van der Waals surface area contributed by atoms with Gasteiger partial charge >= 0.3 is 0 Å². The van der Waals surface area contributed by atoms with Crippen LogP contribution in [0.4, 0.5) is 11.4 Å². The molecular weight excluding hydrogens is 212 g/mol. The zero-order valence-corrected chi connectivity index (χ0v) is 8.50. The SMILES string of the molecule is Nc1cc(OC/C=C\CO)ccc1[N+](=O)[O-]. The Morgan fingerprint density at radius 2 is 2.25 bits per heavy atom. The van der Waals surface area contributed by atoms with Gasteiger partial charge in [0.2, 0.25) is 0 Å². The number of nitrogens with two attached hydrogens (primary N) is 1. The maximum absolute atomic E-state index is 10.5.